The van der Waals surface area contributed by atoms with Crippen LogP contribution >= 0.6 is 11.5 Å². The van der Waals surface area contributed by atoms with Crippen LogP contribution in [-0.4, -0.2) is 10.4 Å². The Kier molecular flexibility index (Phi) is 3.14. The second-order valence-electron chi connectivity index (χ2n) is 4.63. The third kappa shape index (κ3) is 2.43. The Bertz CT molecular complexity index is 323. The minimum absolute atomic E-state index is 0.591. The fourth-order valence-electron chi connectivity index (χ4n) is 2.33. The summed E-state index contributed by atoms with van der Waals surface area (Å²) in [6.07, 6.45) is 3.96. The number of hydrogen-bond acceptors (Lipinski definition) is 4. The Morgan fingerprint density at radius 1 is 1.47 bits per heavy atom. The van der Waals surface area contributed by atoms with Crippen LogP contribution in [0.3, 0.4) is 0 Å². The summed E-state index contributed by atoms with van der Waals surface area (Å²) in [5, 5.41) is 4.67. The first-order valence-corrected chi connectivity index (χ1v) is 6.43. The summed E-state index contributed by atoms with van der Waals surface area (Å²) >= 11 is 1.46. The molecule has 0 spiro atoms. The van der Waals surface area contributed by atoms with Crippen LogP contribution in [0.5, 0.6) is 0 Å². The molecule has 1 saturated carbocycles. The smallest absolute Gasteiger partial charge is 0.139 e. The van der Waals surface area contributed by atoms with E-state index in [1.165, 1.54) is 30.8 Å². The Labute approximate surface area is 95.2 Å². The van der Waals surface area contributed by atoms with E-state index in [-0.39, 0.29) is 0 Å². The van der Waals surface area contributed by atoms with Gasteiger partial charge in [-0.3, -0.25) is 0 Å². The number of nitrogen functional groups attached to an aromatic ring is 1. The van der Waals surface area contributed by atoms with E-state index in [4.69, 9.17) is 5.73 Å². The molecular formula is C11H19N3S. The molecule has 1 aliphatic carbocycles. The molecule has 3 nitrogen and oxygen atoms in total. The molecule has 15 heavy (non-hydrogen) atoms. The van der Waals surface area contributed by atoms with Crippen molar-refractivity contribution in [2.75, 3.05) is 11.1 Å². The molecule has 84 valence electrons. The van der Waals surface area contributed by atoms with Crippen molar-refractivity contribution in [2.45, 2.75) is 39.2 Å². The van der Waals surface area contributed by atoms with Crippen molar-refractivity contribution >= 4 is 22.4 Å². The predicted molar refractivity (Wildman–Crippen MR) is 66.1 cm³/mol. The number of rotatable bonds is 2. The molecule has 3 unspecified atom stereocenters. The molecule has 0 aromatic carbocycles. The summed E-state index contributed by atoms with van der Waals surface area (Å²) in [6.45, 7) is 4.69. The Morgan fingerprint density at radius 3 is 2.93 bits per heavy atom. The van der Waals surface area contributed by atoms with Gasteiger partial charge in [0.2, 0.25) is 0 Å². The van der Waals surface area contributed by atoms with Crippen molar-refractivity contribution in [3.8, 4) is 0 Å². The van der Waals surface area contributed by atoms with E-state index in [0.29, 0.717) is 11.9 Å². The topological polar surface area (TPSA) is 50.9 Å². The summed E-state index contributed by atoms with van der Waals surface area (Å²) in [5.41, 5.74) is 5.60. The van der Waals surface area contributed by atoms with Gasteiger partial charge in [0.05, 0.1) is 0 Å². The number of anilines is 2. The maximum Gasteiger partial charge on any atom is 0.139 e. The number of nitrogens with zero attached hydrogens (tertiary/aromatic N) is 1. The molecule has 0 saturated heterocycles. The van der Waals surface area contributed by atoms with Gasteiger partial charge in [-0.2, -0.15) is 4.37 Å². The lowest BCUT2D eigenvalue weighted by molar-refractivity contribution is 0.253. The van der Waals surface area contributed by atoms with Gasteiger partial charge in [-0.15, -0.1) is 0 Å². The van der Waals surface area contributed by atoms with E-state index in [2.05, 4.69) is 23.5 Å². The van der Waals surface area contributed by atoms with E-state index in [0.717, 1.165) is 16.8 Å². The lowest BCUT2D eigenvalue weighted by atomic mass is 9.78. The summed E-state index contributed by atoms with van der Waals surface area (Å²) < 4.78 is 4.08. The van der Waals surface area contributed by atoms with Gasteiger partial charge in [0.15, 0.2) is 0 Å². The second kappa shape index (κ2) is 4.39. The van der Waals surface area contributed by atoms with Gasteiger partial charge in [-0.25, -0.2) is 0 Å². The van der Waals surface area contributed by atoms with Crippen LogP contribution in [-0.2, 0) is 0 Å². The van der Waals surface area contributed by atoms with Crippen molar-refractivity contribution in [1.82, 2.24) is 4.37 Å². The van der Waals surface area contributed by atoms with E-state index < -0.39 is 0 Å². The monoisotopic (exact) mass is 225 g/mol. The SMILES string of the molecule is CC1CCCC(Nc2cc(N)ns2)C1C. The minimum Gasteiger partial charge on any atom is -0.383 e. The molecule has 3 N–H and O–H groups in total. The maximum absolute atomic E-state index is 5.60. The fraction of sp³-hybridized carbons (Fsp3) is 0.727. The summed E-state index contributed by atoms with van der Waals surface area (Å²) in [5.74, 6) is 2.18. The first-order valence-electron chi connectivity index (χ1n) is 5.65. The highest BCUT2D eigenvalue weighted by Crippen LogP contribution is 2.32. The van der Waals surface area contributed by atoms with Crippen LogP contribution in [0.2, 0.25) is 0 Å². The van der Waals surface area contributed by atoms with Crippen molar-refractivity contribution in [3.63, 3.8) is 0 Å². The van der Waals surface area contributed by atoms with Gasteiger partial charge in [0, 0.05) is 12.1 Å². The number of nitrogens with two attached hydrogens (primary N) is 1. The number of nitrogens with one attached hydrogen (secondary N) is 1. The highest BCUT2D eigenvalue weighted by Gasteiger charge is 2.27. The number of aromatic nitrogens is 1. The molecule has 0 bridgehead atoms. The molecule has 0 aliphatic heterocycles. The summed E-state index contributed by atoms with van der Waals surface area (Å²) in [4.78, 5) is 0. The molecule has 1 aliphatic rings. The molecule has 1 heterocycles. The second-order valence-corrected chi connectivity index (χ2v) is 5.44. The summed E-state index contributed by atoms with van der Waals surface area (Å²) in [6, 6.07) is 2.52. The minimum atomic E-state index is 0.591. The quantitative estimate of drug-likeness (QED) is 0.813. The predicted octanol–water partition coefficient (Wildman–Crippen LogP) is 2.96. The van der Waals surface area contributed by atoms with Gasteiger partial charge < -0.3 is 11.1 Å². The molecule has 1 fully saturated rings. The average Bonchev–Trinajstić information content (AvgIpc) is 2.59. The van der Waals surface area contributed by atoms with Crippen LogP contribution in [0.4, 0.5) is 10.8 Å². The molecule has 2 rings (SSSR count). The summed E-state index contributed by atoms with van der Waals surface area (Å²) in [7, 11) is 0. The van der Waals surface area contributed by atoms with Gasteiger partial charge in [-0.05, 0) is 29.8 Å². The fourth-order valence-corrected chi connectivity index (χ4v) is 2.96. The molecular weight excluding hydrogens is 206 g/mol. The molecule has 0 radical (unpaired) electrons. The van der Waals surface area contributed by atoms with Crippen LogP contribution in [0.25, 0.3) is 0 Å². The molecule has 4 heteroatoms. The van der Waals surface area contributed by atoms with E-state index in [9.17, 15) is 0 Å². The standard InChI is InChI=1S/C11H19N3S/c1-7-4-3-5-9(8(7)2)13-11-6-10(12)14-15-11/h6-9,13H,3-5H2,1-2H3,(H2,12,14). The van der Waals surface area contributed by atoms with Crippen LogP contribution < -0.4 is 11.1 Å². The maximum atomic E-state index is 5.60. The van der Waals surface area contributed by atoms with Crippen LogP contribution in [0.1, 0.15) is 33.1 Å². The Morgan fingerprint density at radius 2 is 2.27 bits per heavy atom. The van der Waals surface area contributed by atoms with E-state index in [1.807, 2.05) is 6.07 Å². The van der Waals surface area contributed by atoms with Crippen LogP contribution in [0.15, 0.2) is 6.07 Å². The van der Waals surface area contributed by atoms with Crippen molar-refractivity contribution in [1.29, 1.82) is 0 Å². The molecule has 0 amide bonds. The average molecular weight is 225 g/mol. The normalized spacial score (nSPS) is 31.5. The van der Waals surface area contributed by atoms with Crippen LogP contribution in [0, 0.1) is 11.8 Å². The van der Waals surface area contributed by atoms with Crippen molar-refractivity contribution < 1.29 is 0 Å². The van der Waals surface area contributed by atoms with Crippen molar-refractivity contribution in [2.24, 2.45) is 11.8 Å². The van der Waals surface area contributed by atoms with E-state index in [1.54, 1.807) is 0 Å². The number of hydrogen-bond donors (Lipinski definition) is 2. The largest absolute Gasteiger partial charge is 0.383 e. The van der Waals surface area contributed by atoms with E-state index >= 15 is 0 Å². The lowest BCUT2D eigenvalue weighted by Crippen LogP contribution is -2.34. The first-order chi connectivity index (χ1) is 7.16. The zero-order chi connectivity index (χ0) is 10.8. The molecule has 3 atom stereocenters. The molecule has 1 aromatic heterocycles. The highest BCUT2D eigenvalue weighted by molar-refractivity contribution is 7.10. The highest BCUT2D eigenvalue weighted by atomic mass is 32.1. The van der Waals surface area contributed by atoms with Gasteiger partial charge in [0.25, 0.3) is 0 Å². The van der Waals surface area contributed by atoms with Crippen molar-refractivity contribution in [3.05, 3.63) is 6.07 Å². The van der Waals surface area contributed by atoms with Gasteiger partial charge in [0.1, 0.15) is 10.8 Å². The lowest BCUT2D eigenvalue weighted by Gasteiger charge is -2.34. The Balaban J connectivity index is 1.99. The zero-order valence-electron chi connectivity index (χ0n) is 9.36. The Hall–Kier alpha value is -0.770. The van der Waals surface area contributed by atoms with Gasteiger partial charge in [-0.1, -0.05) is 26.7 Å². The molecule has 1 aromatic rings. The first kappa shape index (κ1) is 10.7. The third-order valence-corrected chi connectivity index (χ3v) is 4.30. The zero-order valence-corrected chi connectivity index (χ0v) is 10.2. The van der Waals surface area contributed by atoms with Gasteiger partial charge >= 0.3 is 0 Å². The third-order valence-electron chi connectivity index (χ3n) is 3.56.